The fourth-order valence-corrected chi connectivity index (χ4v) is 3.22. The molecule has 0 bridgehead atoms. The van der Waals surface area contributed by atoms with E-state index >= 15 is 0 Å². The van der Waals surface area contributed by atoms with Gasteiger partial charge in [0.25, 0.3) is 0 Å². The van der Waals surface area contributed by atoms with Crippen LogP contribution in [0.5, 0.6) is 5.75 Å². The number of ether oxygens (including phenoxy) is 2. The Bertz CT molecular complexity index is 825. The van der Waals surface area contributed by atoms with Crippen LogP contribution in [0, 0.1) is 11.8 Å². The molecule has 4 nitrogen and oxygen atoms in total. The van der Waals surface area contributed by atoms with Gasteiger partial charge in [-0.3, -0.25) is 4.79 Å². The van der Waals surface area contributed by atoms with E-state index in [2.05, 4.69) is 29.3 Å². The van der Waals surface area contributed by atoms with Gasteiger partial charge in [0, 0.05) is 36.9 Å². The Balaban J connectivity index is 1.54. The summed E-state index contributed by atoms with van der Waals surface area (Å²) in [6, 6.07) is 16.2. The molecule has 2 aromatic carbocycles. The van der Waals surface area contributed by atoms with Crippen LogP contribution in [0.4, 0.5) is 0 Å². The largest absolute Gasteiger partial charge is 0.490 e. The summed E-state index contributed by atoms with van der Waals surface area (Å²) < 4.78 is 11.3. The number of amides is 1. The smallest absolute Gasteiger partial charge is 0.217 e. The third-order valence-corrected chi connectivity index (χ3v) is 4.62. The van der Waals surface area contributed by atoms with Gasteiger partial charge in [-0.2, -0.15) is 0 Å². The van der Waals surface area contributed by atoms with Crippen LogP contribution >= 0.6 is 0 Å². The van der Waals surface area contributed by atoms with Crippen LogP contribution in [0.1, 0.15) is 43.4 Å². The maximum atomic E-state index is 11.1. The van der Waals surface area contributed by atoms with Crippen molar-refractivity contribution in [2.75, 3.05) is 13.2 Å². The third kappa shape index (κ3) is 6.44. The molecule has 1 atom stereocenters. The van der Waals surface area contributed by atoms with Crippen LogP contribution in [0.25, 0.3) is 0 Å². The summed E-state index contributed by atoms with van der Waals surface area (Å²) in [6.45, 7) is 5.10. The van der Waals surface area contributed by atoms with Gasteiger partial charge in [-0.25, -0.2) is 0 Å². The summed E-state index contributed by atoms with van der Waals surface area (Å²) in [5.74, 6) is 7.28. The molecule has 0 aliphatic carbocycles. The molecule has 1 aliphatic heterocycles. The first-order valence-electron chi connectivity index (χ1n) is 9.81. The molecular formula is C24H27NO3. The topological polar surface area (TPSA) is 47.6 Å². The fraction of sp³-hybridized carbons (Fsp3) is 0.375. The SMILES string of the molecule is CC(=O)NC(C)Cc1ccc(C#Cc2ccc(OC3CCOCC3)cc2)cc1. The normalized spacial score (nSPS) is 15.2. The number of hydrogen-bond donors (Lipinski definition) is 1. The van der Waals surface area contributed by atoms with Crippen molar-refractivity contribution >= 4 is 5.91 Å². The molecule has 4 heteroatoms. The molecule has 28 heavy (non-hydrogen) atoms. The molecule has 146 valence electrons. The standard InChI is InChI=1S/C24H27NO3/c1-18(25-19(2)26)17-22-7-5-20(6-8-22)3-4-21-9-11-23(12-10-21)28-24-13-15-27-16-14-24/h5-12,18,24H,13-17H2,1-2H3,(H,25,26). The number of nitrogens with one attached hydrogen (secondary N) is 1. The van der Waals surface area contributed by atoms with Crippen molar-refractivity contribution in [3.05, 3.63) is 65.2 Å². The molecule has 0 saturated carbocycles. The van der Waals surface area contributed by atoms with Gasteiger partial charge in [-0.05, 0) is 55.3 Å². The van der Waals surface area contributed by atoms with E-state index in [9.17, 15) is 4.79 Å². The molecule has 2 aromatic rings. The zero-order valence-corrected chi connectivity index (χ0v) is 16.5. The Morgan fingerprint density at radius 2 is 1.64 bits per heavy atom. The molecule has 1 saturated heterocycles. The summed E-state index contributed by atoms with van der Waals surface area (Å²) in [6.07, 6.45) is 2.95. The number of carbonyl (C=O) groups is 1. The molecule has 1 heterocycles. The molecule has 3 rings (SSSR count). The zero-order valence-electron chi connectivity index (χ0n) is 16.5. The van der Waals surface area contributed by atoms with Crippen LogP contribution in [-0.2, 0) is 16.0 Å². The van der Waals surface area contributed by atoms with Crippen LogP contribution in [0.2, 0.25) is 0 Å². The van der Waals surface area contributed by atoms with Crippen molar-refractivity contribution in [3.8, 4) is 17.6 Å². The van der Waals surface area contributed by atoms with Crippen LogP contribution in [-0.4, -0.2) is 31.3 Å². The minimum absolute atomic E-state index is 0.000775. The summed E-state index contributed by atoms with van der Waals surface area (Å²) in [7, 11) is 0. The lowest BCUT2D eigenvalue weighted by molar-refractivity contribution is -0.119. The first-order chi connectivity index (χ1) is 13.6. The number of hydrogen-bond acceptors (Lipinski definition) is 3. The Morgan fingerprint density at radius 1 is 1.07 bits per heavy atom. The molecule has 0 aromatic heterocycles. The van der Waals surface area contributed by atoms with E-state index in [-0.39, 0.29) is 18.1 Å². The second kappa shape index (κ2) is 9.96. The Morgan fingerprint density at radius 3 is 2.21 bits per heavy atom. The van der Waals surface area contributed by atoms with Gasteiger partial charge in [-0.15, -0.1) is 0 Å². The van der Waals surface area contributed by atoms with Gasteiger partial charge in [0.2, 0.25) is 5.91 Å². The Kier molecular flexibility index (Phi) is 7.11. The molecular weight excluding hydrogens is 350 g/mol. The van der Waals surface area contributed by atoms with Gasteiger partial charge >= 0.3 is 0 Å². The van der Waals surface area contributed by atoms with E-state index in [4.69, 9.17) is 9.47 Å². The predicted molar refractivity (Wildman–Crippen MR) is 110 cm³/mol. The second-order valence-corrected chi connectivity index (χ2v) is 7.21. The lowest BCUT2D eigenvalue weighted by Crippen LogP contribution is -2.31. The molecule has 0 radical (unpaired) electrons. The van der Waals surface area contributed by atoms with Crippen molar-refractivity contribution in [3.63, 3.8) is 0 Å². The summed E-state index contributed by atoms with van der Waals surface area (Å²) in [5, 5.41) is 2.90. The van der Waals surface area contributed by atoms with Crippen molar-refractivity contribution in [1.82, 2.24) is 5.32 Å². The third-order valence-electron chi connectivity index (χ3n) is 4.62. The highest BCUT2D eigenvalue weighted by atomic mass is 16.5. The number of carbonyl (C=O) groups excluding carboxylic acids is 1. The Hall–Kier alpha value is -2.77. The van der Waals surface area contributed by atoms with E-state index in [1.54, 1.807) is 6.92 Å². The summed E-state index contributed by atoms with van der Waals surface area (Å²) in [4.78, 5) is 11.1. The summed E-state index contributed by atoms with van der Waals surface area (Å²) >= 11 is 0. The highest BCUT2D eigenvalue weighted by Gasteiger charge is 2.14. The van der Waals surface area contributed by atoms with Gasteiger partial charge in [0.05, 0.1) is 13.2 Å². The predicted octanol–water partition coefficient (Wildman–Crippen LogP) is 3.71. The maximum absolute atomic E-state index is 11.1. The molecule has 1 aliphatic rings. The fourth-order valence-electron chi connectivity index (χ4n) is 3.22. The average molecular weight is 377 g/mol. The van der Waals surface area contributed by atoms with Crippen molar-refractivity contribution in [1.29, 1.82) is 0 Å². The van der Waals surface area contributed by atoms with Crippen LogP contribution in [0.3, 0.4) is 0 Å². The average Bonchev–Trinajstić information content (AvgIpc) is 2.69. The van der Waals surface area contributed by atoms with E-state index in [0.29, 0.717) is 0 Å². The van der Waals surface area contributed by atoms with Gasteiger partial charge in [-0.1, -0.05) is 24.0 Å². The maximum Gasteiger partial charge on any atom is 0.217 e. The number of benzene rings is 2. The Labute approximate surface area is 167 Å². The monoisotopic (exact) mass is 377 g/mol. The quantitative estimate of drug-likeness (QED) is 0.808. The van der Waals surface area contributed by atoms with Gasteiger partial charge in [0.1, 0.15) is 11.9 Å². The van der Waals surface area contributed by atoms with Crippen molar-refractivity contribution in [2.45, 2.75) is 45.3 Å². The second-order valence-electron chi connectivity index (χ2n) is 7.21. The van der Waals surface area contributed by atoms with Crippen molar-refractivity contribution < 1.29 is 14.3 Å². The zero-order chi connectivity index (χ0) is 19.8. The minimum atomic E-state index is -0.000775. The van der Waals surface area contributed by atoms with E-state index in [0.717, 1.165) is 49.4 Å². The van der Waals surface area contributed by atoms with E-state index in [1.807, 2.05) is 43.3 Å². The van der Waals surface area contributed by atoms with Crippen molar-refractivity contribution in [2.24, 2.45) is 0 Å². The minimum Gasteiger partial charge on any atom is -0.490 e. The molecule has 1 unspecified atom stereocenters. The van der Waals surface area contributed by atoms with E-state index < -0.39 is 0 Å². The highest BCUT2D eigenvalue weighted by molar-refractivity contribution is 5.73. The highest BCUT2D eigenvalue weighted by Crippen LogP contribution is 2.18. The van der Waals surface area contributed by atoms with Gasteiger partial charge < -0.3 is 14.8 Å². The number of rotatable bonds is 5. The van der Waals surface area contributed by atoms with Crippen LogP contribution in [0.15, 0.2) is 48.5 Å². The molecule has 1 amide bonds. The molecule has 1 N–H and O–H groups in total. The molecule has 1 fully saturated rings. The first kappa shape index (κ1) is 20.0. The lowest BCUT2D eigenvalue weighted by Gasteiger charge is -2.23. The van der Waals surface area contributed by atoms with Crippen LogP contribution < -0.4 is 10.1 Å². The lowest BCUT2D eigenvalue weighted by atomic mass is 10.0. The summed E-state index contributed by atoms with van der Waals surface area (Å²) in [5.41, 5.74) is 3.11. The van der Waals surface area contributed by atoms with E-state index in [1.165, 1.54) is 5.56 Å². The van der Waals surface area contributed by atoms with Gasteiger partial charge in [0.15, 0.2) is 0 Å². The molecule has 0 spiro atoms. The first-order valence-corrected chi connectivity index (χ1v) is 9.81.